The summed E-state index contributed by atoms with van der Waals surface area (Å²) in [6, 6.07) is 0. The number of aromatic nitrogens is 2. The number of hydrogen-bond acceptors (Lipinski definition) is 7. The number of rotatable bonds is 0. The fourth-order valence-electron chi connectivity index (χ4n) is 3.13. The van der Waals surface area contributed by atoms with Gasteiger partial charge in [0.05, 0.1) is 5.16 Å². The minimum Gasteiger partial charge on any atom is -0.613 e. The molecule has 0 radical (unpaired) electrons. The molecule has 3 atom stereocenters. The van der Waals surface area contributed by atoms with E-state index in [0.717, 1.165) is 0 Å². The van der Waals surface area contributed by atoms with Crippen LogP contribution in [0.2, 0.25) is 0 Å². The number of nitrogens with zero attached hydrogens (tertiary/aromatic N) is 4. The second-order valence-electron chi connectivity index (χ2n) is 4.99. The van der Waals surface area contributed by atoms with Gasteiger partial charge < -0.3 is 15.2 Å². The summed E-state index contributed by atoms with van der Waals surface area (Å²) in [6.45, 7) is 0. The van der Waals surface area contributed by atoms with Crippen LogP contribution < -0.4 is 4.90 Å². The van der Waals surface area contributed by atoms with Gasteiger partial charge in [-0.25, -0.2) is 0 Å². The Kier molecular flexibility index (Phi) is 2.15. The van der Waals surface area contributed by atoms with Crippen molar-refractivity contribution in [1.29, 1.82) is 0 Å². The molecule has 0 aromatic carbocycles. The van der Waals surface area contributed by atoms with E-state index in [4.69, 9.17) is 4.74 Å². The van der Waals surface area contributed by atoms with Gasteiger partial charge in [0.25, 0.3) is 0 Å². The van der Waals surface area contributed by atoms with Crippen LogP contribution in [0.4, 0.5) is 0 Å². The molecule has 0 saturated carbocycles. The van der Waals surface area contributed by atoms with Gasteiger partial charge >= 0.3 is 11.5 Å². The highest BCUT2D eigenvalue weighted by Crippen LogP contribution is 2.45. The average Bonchev–Trinajstić information content (AvgIpc) is 3.05. The van der Waals surface area contributed by atoms with E-state index in [1.165, 1.54) is 6.26 Å². The van der Waals surface area contributed by atoms with Gasteiger partial charge in [0.2, 0.25) is 11.4 Å². The lowest BCUT2D eigenvalue weighted by Gasteiger charge is -2.31. The van der Waals surface area contributed by atoms with Crippen molar-refractivity contribution in [2.75, 3.05) is 0 Å². The van der Waals surface area contributed by atoms with Crippen LogP contribution in [-0.2, 0) is 4.74 Å². The minimum atomic E-state index is -0.885. The molecule has 0 fully saturated rings. The Hall–Kier alpha value is -2.91. The summed E-state index contributed by atoms with van der Waals surface area (Å²) < 4.78 is 10.0. The Morgan fingerprint density at radius 1 is 1.43 bits per heavy atom. The molecule has 4 rings (SSSR count). The molecule has 0 saturated heterocycles. The third-order valence-corrected chi connectivity index (χ3v) is 4.00. The van der Waals surface area contributed by atoms with Crippen molar-refractivity contribution in [3.05, 3.63) is 56.0 Å². The van der Waals surface area contributed by atoms with Crippen LogP contribution >= 0.6 is 0 Å². The molecule has 0 N–H and O–H groups in total. The second kappa shape index (κ2) is 3.81. The Bertz CT molecular complexity index is 748. The molecule has 1 aliphatic carbocycles. The van der Waals surface area contributed by atoms with Crippen LogP contribution in [0.5, 0.6) is 0 Å². The van der Waals surface area contributed by atoms with E-state index in [0.29, 0.717) is 6.42 Å². The van der Waals surface area contributed by atoms with Crippen LogP contribution in [0, 0.1) is 26.4 Å². The lowest BCUT2D eigenvalue weighted by Crippen LogP contribution is -2.45. The van der Waals surface area contributed by atoms with Crippen molar-refractivity contribution in [3.63, 3.8) is 0 Å². The molecule has 1 aromatic rings. The van der Waals surface area contributed by atoms with E-state index in [-0.39, 0.29) is 38.7 Å². The van der Waals surface area contributed by atoms with Crippen LogP contribution in [0.25, 0.3) is 0 Å². The molecule has 0 bridgehead atoms. The molecule has 21 heavy (non-hydrogen) atoms. The molecule has 1 aromatic heterocycles. The smallest absolute Gasteiger partial charge is 0.571 e. The zero-order chi connectivity index (χ0) is 14.7. The maximum atomic E-state index is 12.2. The normalized spacial score (nSPS) is 29.3. The molecule has 0 spiro atoms. The Labute approximate surface area is 116 Å². The highest BCUT2D eigenvalue weighted by atomic mass is 16.8. The maximum absolute atomic E-state index is 12.2. The number of fused-ring (bicyclic) bond motifs is 5. The fraction of sp³-hybridized carbons (Fsp3) is 0.364. The first kappa shape index (κ1) is 11.9. The van der Waals surface area contributed by atoms with Gasteiger partial charge in [-0.2, -0.15) is 0 Å². The first-order chi connectivity index (χ1) is 10.1. The molecule has 10 nitrogen and oxygen atoms in total. The maximum Gasteiger partial charge on any atom is 0.571 e. The number of hydroxylamine groups is 1. The van der Waals surface area contributed by atoms with Gasteiger partial charge in [-0.05, 0) is 17.4 Å². The van der Waals surface area contributed by atoms with E-state index in [2.05, 4.69) is 9.79 Å². The zero-order valence-electron chi connectivity index (χ0n) is 10.4. The summed E-state index contributed by atoms with van der Waals surface area (Å²) in [7, 11) is 0. The monoisotopic (exact) mass is 292 g/mol. The second-order valence-corrected chi connectivity index (χ2v) is 4.99. The van der Waals surface area contributed by atoms with Crippen molar-refractivity contribution < 1.29 is 23.9 Å². The van der Waals surface area contributed by atoms with Gasteiger partial charge in [0.15, 0.2) is 6.26 Å². The first-order valence-electron chi connectivity index (χ1n) is 6.20. The summed E-state index contributed by atoms with van der Waals surface area (Å²) in [4.78, 5) is 10.3. The standard InChI is InChI=1S/C11H8N4O6/c16-13-6-4-20-7-3-1-2-5(7)8(6)10-9(11(13)14(17)18)12-21-15(10)19/h1,3-5,7-8H,2H2/t5-,7+,8-/m0/s1. The SMILES string of the molecule is O=[N+]([O-])C1=[N+]([O-])C2=CO[C@@H]3C=CC[C@@H]3[C@@H]2c2c1no[n+]2[O-]. The van der Waals surface area contributed by atoms with Crippen LogP contribution in [-0.4, -0.2) is 26.8 Å². The first-order valence-corrected chi connectivity index (χ1v) is 6.20. The molecule has 10 heteroatoms. The zero-order valence-corrected chi connectivity index (χ0v) is 10.4. The molecule has 0 unspecified atom stereocenters. The summed E-state index contributed by atoms with van der Waals surface area (Å²) in [5.41, 5.74) is -0.311. The van der Waals surface area contributed by atoms with Gasteiger partial charge in [-0.1, -0.05) is 10.8 Å². The molecule has 2 aliphatic heterocycles. The Morgan fingerprint density at radius 2 is 2.24 bits per heavy atom. The summed E-state index contributed by atoms with van der Waals surface area (Å²) in [5, 5.41) is 38.5. The molecular weight excluding hydrogens is 284 g/mol. The lowest BCUT2D eigenvalue weighted by atomic mass is 9.80. The van der Waals surface area contributed by atoms with Crippen molar-refractivity contribution in [2.45, 2.75) is 18.4 Å². The number of ether oxygens (including phenoxy) is 1. The predicted octanol–water partition coefficient (Wildman–Crippen LogP) is -0.245. The minimum absolute atomic E-state index is 0.0120. The van der Waals surface area contributed by atoms with Crippen LogP contribution in [0.15, 0.2) is 28.7 Å². The fourth-order valence-corrected chi connectivity index (χ4v) is 3.13. The summed E-state index contributed by atoms with van der Waals surface area (Å²) in [6.07, 6.45) is 5.22. The molecule has 0 amide bonds. The van der Waals surface area contributed by atoms with Gasteiger partial charge in [-0.15, -0.1) is 0 Å². The van der Waals surface area contributed by atoms with E-state index in [9.17, 15) is 20.5 Å². The molecule has 3 heterocycles. The quantitative estimate of drug-likeness (QED) is 0.212. The van der Waals surface area contributed by atoms with Crippen LogP contribution in [0.1, 0.15) is 23.7 Å². The summed E-state index contributed by atoms with van der Waals surface area (Å²) >= 11 is 0. The van der Waals surface area contributed by atoms with Gasteiger partial charge in [0.1, 0.15) is 16.9 Å². The number of nitro groups is 1. The topological polar surface area (TPSA) is 131 Å². The van der Waals surface area contributed by atoms with E-state index in [1.807, 2.05) is 12.2 Å². The summed E-state index contributed by atoms with van der Waals surface area (Å²) in [5.74, 6) is -1.66. The third-order valence-electron chi connectivity index (χ3n) is 4.00. The van der Waals surface area contributed by atoms with Crippen molar-refractivity contribution in [3.8, 4) is 0 Å². The van der Waals surface area contributed by atoms with Crippen molar-refractivity contribution in [2.24, 2.45) is 5.92 Å². The largest absolute Gasteiger partial charge is 0.613 e. The van der Waals surface area contributed by atoms with Gasteiger partial charge in [-0.3, -0.25) is 14.7 Å². The number of allylic oxidation sites excluding steroid dienone is 2. The molecular formula is C11H8N4O6. The highest BCUT2D eigenvalue weighted by molar-refractivity contribution is 5.88. The van der Waals surface area contributed by atoms with Crippen LogP contribution in [0.3, 0.4) is 0 Å². The Morgan fingerprint density at radius 3 is 3.00 bits per heavy atom. The average molecular weight is 292 g/mol. The van der Waals surface area contributed by atoms with Crippen molar-refractivity contribution >= 4 is 5.84 Å². The number of hydrogen-bond donors (Lipinski definition) is 0. The third kappa shape index (κ3) is 1.38. The van der Waals surface area contributed by atoms with E-state index >= 15 is 0 Å². The van der Waals surface area contributed by atoms with E-state index in [1.54, 1.807) is 0 Å². The lowest BCUT2D eigenvalue weighted by molar-refractivity contribution is -0.809. The van der Waals surface area contributed by atoms with E-state index < -0.39 is 16.7 Å². The number of amidine groups is 1. The van der Waals surface area contributed by atoms with Crippen molar-refractivity contribution in [1.82, 2.24) is 5.16 Å². The highest BCUT2D eigenvalue weighted by Gasteiger charge is 2.57. The molecule has 3 aliphatic rings. The van der Waals surface area contributed by atoms with Gasteiger partial charge in [0, 0.05) is 5.92 Å². The Balaban J connectivity index is 1.98. The predicted molar refractivity (Wildman–Crippen MR) is 63.1 cm³/mol. The molecule has 108 valence electrons.